The minimum absolute atomic E-state index is 0.00553. The van der Waals surface area contributed by atoms with E-state index in [4.69, 9.17) is 9.52 Å². The lowest BCUT2D eigenvalue weighted by Crippen LogP contribution is -2.31. The molecule has 0 saturated heterocycles. The molecular weight excluding hydrogens is 583 g/mol. The summed E-state index contributed by atoms with van der Waals surface area (Å²) in [5.41, 5.74) is 5.69. The van der Waals surface area contributed by atoms with E-state index in [1.165, 1.54) is 29.2 Å². The van der Waals surface area contributed by atoms with Gasteiger partial charge >= 0.3 is 12.1 Å². The van der Waals surface area contributed by atoms with E-state index in [1.807, 2.05) is 32.9 Å². The van der Waals surface area contributed by atoms with Gasteiger partial charge in [-0.2, -0.15) is 13.2 Å². The maximum Gasteiger partial charge on any atom is 0.449 e. The zero-order valence-electron chi connectivity index (χ0n) is 23.7. The number of sulfone groups is 1. The Morgan fingerprint density at radius 2 is 1.51 bits per heavy atom. The summed E-state index contributed by atoms with van der Waals surface area (Å²) in [5.74, 6) is -3.92. The molecule has 1 amide bonds. The first-order valence-corrected chi connectivity index (χ1v) is 14.9. The van der Waals surface area contributed by atoms with Crippen LogP contribution in [0.1, 0.15) is 39.3 Å². The van der Waals surface area contributed by atoms with Gasteiger partial charge in [0.25, 0.3) is 0 Å². The number of carboxylic acids is 1. The molecule has 0 unspecified atom stereocenters. The van der Waals surface area contributed by atoms with Crippen LogP contribution in [0.15, 0.2) is 82.1 Å². The topological polar surface area (TPSA) is 105 Å². The normalized spacial score (nSPS) is 11.9. The van der Waals surface area contributed by atoms with Gasteiger partial charge in [0.1, 0.15) is 5.76 Å². The summed E-state index contributed by atoms with van der Waals surface area (Å²) < 4.78 is 69.2. The second-order valence-corrected chi connectivity index (χ2v) is 12.4. The van der Waals surface area contributed by atoms with Crippen LogP contribution < -0.4 is 0 Å². The van der Waals surface area contributed by atoms with Crippen molar-refractivity contribution in [2.24, 2.45) is 0 Å². The highest BCUT2D eigenvalue weighted by atomic mass is 32.2. The Hall–Kier alpha value is -4.38. The molecule has 0 saturated carbocycles. The lowest BCUT2D eigenvalue weighted by Gasteiger charge is -2.23. The third-order valence-corrected chi connectivity index (χ3v) is 8.58. The molecule has 4 rings (SSSR count). The second kappa shape index (κ2) is 12.5. The van der Waals surface area contributed by atoms with Crippen LogP contribution >= 0.6 is 0 Å². The molecule has 4 aromatic rings. The largest absolute Gasteiger partial charge is 0.480 e. The van der Waals surface area contributed by atoms with E-state index < -0.39 is 33.5 Å². The number of furan rings is 1. The molecule has 7 nitrogen and oxygen atoms in total. The number of nitrogens with zero attached hydrogens (tertiary/aromatic N) is 1. The summed E-state index contributed by atoms with van der Waals surface area (Å²) in [6.07, 6.45) is -4.59. The standard InChI is InChI=1S/C32H30F3NO6S/c1-20-13-21(2)28(22(3)14-20)16-30(37)36(18-26-11-12-29(42-26)32(33,34)35)17-23-7-9-24(10-8-23)25-5-4-6-27(15-25)43(40,41)19-31(38)39/h4-15H,16-19H2,1-3H3,(H,38,39). The summed E-state index contributed by atoms with van der Waals surface area (Å²) in [5, 5.41) is 8.93. The number of benzene rings is 3. The van der Waals surface area contributed by atoms with Crippen molar-refractivity contribution < 1.29 is 40.7 Å². The second-order valence-electron chi connectivity index (χ2n) is 10.4. The van der Waals surface area contributed by atoms with Crippen LogP contribution in [-0.2, 0) is 45.1 Å². The van der Waals surface area contributed by atoms with Crippen molar-refractivity contribution in [2.75, 3.05) is 5.75 Å². The van der Waals surface area contributed by atoms with Gasteiger partial charge < -0.3 is 14.4 Å². The van der Waals surface area contributed by atoms with Gasteiger partial charge in [-0.3, -0.25) is 9.59 Å². The monoisotopic (exact) mass is 613 g/mol. The molecule has 0 aliphatic carbocycles. The van der Waals surface area contributed by atoms with Crippen LogP contribution in [0.2, 0.25) is 0 Å². The summed E-state index contributed by atoms with van der Waals surface area (Å²) >= 11 is 0. The average Bonchev–Trinajstić information content (AvgIpc) is 3.39. The Balaban J connectivity index is 1.60. The average molecular weight is 614 g/mol. The molecule has 0 atom stereocenters. The maximum absolute atomic E-state index is 13.6. The van der Waals surface area contributed by atoms with Crippen LogP contribution in [0.4, 0.5) is 13.2 Å². The van der Waals surface area contributed by atoms with Crippen LogP contribution in [0, 0.1) is 20.8 Å². The number of rotatable bonds is 10. The van der Waals surface area contributed by atoms with Crippen LogP contribution in [0.5, 0.6) is 0 Å². The zero-order valence-corrected chi connectivity index (χ0v) is 24.6. The van der Waals surface area contributed by atoms with Gasteiger partial charge in [0, 0.05) is 6.54 Å². The Morgan fingerprint density at radius 3 is 2.09 bits per heavy atom. The molecule has 1 N–H and O–H groups in total. The number of aryl methyl sites for hydroxylation is 3. The molecule has 0 radical (unpaired) electrons. The predicted octanol–water partition coefficient (Wildman–Crippen LogP) is 6.52. The Bertz CT molecular complexity index is 1740. The fourth-order valence-corrected chi connectivity index (χ4v) is 6.01. The third-order valence-electron chi connectivity index (χ3n) is 6.98. The van der Waals surface area contributed by atoms with Crippen molar-refractivity contribution in [3.63, 3.8) is 0 Å². The maximum atomic E-state index is 13.6. The van der Waals surface area contributed by atoms with E-state index in [0.29, 0.717) is 16.7 Å². The number of carbonyl (C=O) groups excluding carboxylic acids is 1. The fourth-order valence-electron chi connectivity index (χ4n) is 4.93. The van der Waals surface area contributed by atoms with Crippen molar-refractivity contribution in [1.82, 2.24) is 4.90 Å². The number of halogens is 3. The summed E-state index contributed by atoms with van der Waals surface area (Å²) in [6, 6.07) is 18.8. The SMILES string of the molecule is Cc1cc(C)c(CC(=O)N(Cc2ccc(-c3cccc(S(=O)(=O)CC(=O)O)c3)cc2)Cc2ccc(C(F)(F)F)o2)c(C)c1. The molecule has 0 aliphatic rings. The number of hydrogen-bond acceptors (Lipinski definition) is 5. The first-order chi connectivity index (χ1) is 20.1. The van der Waals surface area contributed by atoms with Crippen molar-refractivity contribution in [3.8, 4) is 11.1 Å². The minimum atomic E-state index is -4.65. The van der Waals surface area contributed by atoms with Gasteiger partial charge in [0.15, 0.2) is 15.6 Å². The lowest BCUT2D eigenvalue weighted by atomic mass is 9.97. The van der Waals surface area contributed by atoms with Gasteiger partial charge in [-0.1, -0.05) is 54.1 Å². The van der Waals surface area contributed by atoms with Crippen molar-refractivity contribution >= 4 is 21.7 Å². The Kier molecular flexibility index (Phi) is 9.15. The Morgan fingerprint density at radius 1 is 0.860 bits per heavy atom. The smallest absolute Gasteiger partial charge is 0.449 e. The molecule has 3 aromatic carbocycles. The van der Waals surface area contributed by atoms with E-state index in [1.54, 1.807) is 30.3 Å². The highest BCUT2D eigenvalue weighted by Gasteiger charge is 2.35. The molecule has 43 heavy (non-hydrogen) atoms. The number of hydrogen-bond donors (Lipinski definition) is 1. The van der Waals surface area contributed by atoms with Gasteiger partial charge in [0.05, 0.1) is 17.9 Å². The number of amides is 1. The number of aliphatic carboxylic acids is 1. The van der Waals surface area contributed by atoms with E-state index in [2.05, 4.69) is 0 Å². The van der Waals surface area contributed by atoms with Crippen molar-refractivity contribution in [2.45, 2.75) is 51.4 Å². The van der Waals surface area contributed by atoms with Crippen LogP contribution in [0.25, 0.3) is 11.1 Å². The molecule has 0 fully saturated rings. The van der Waals surface area contributed by atoms with Crippen LogP contribution in [0.3, 0.4) is 0 Å². The highest BCUT2D eigenvalue weighted by molar-refractivity contribution is 7.92. The molecule has 0 bridgehead atoms. The van der Waals surface area contributed by atoms with Gasteiger partial charge in [-0.05, 0) is 78.4 Å². The Labute approximate surface area is 247 Å². The van der Waals surface area contributed by atoms with Crippen LogP contribution in [-0.4, -0.2) is 36.1 Å². The van der Waals surface area contributed by atoms with Crippen molar-refractivity contribution in [1.29, 1.82) is 0 Å². The molecule has 0 aliphatic heterocycles. The van der Waals surface area contributed by atoms with Crippen molar-refractivity contribution in [3.05, 3.63) is 112 Å². The molecule has 1 aromatic heterocycles. The quantitative estimate of drug-likeness (QED) is 0.218. The predicted molar refractivity (Wildman–Crippen MR) is 154 cm³/mol. The molecule has 0 spiro atoms. The van der Waals surface area contributed by atoms with Gasteiger partial charge in [-0.25, -0.2) is 8.42 Å². The molecule has 226 valence electrons. The summed E-state index contributed by atoms with van der Waals surface area (Å²) in [6.45, 7) is 5.69. The first-order valence-electron chi connectivity index (χ1n) is 13.3. The van der Waals surface area contributed by atoms with E-state index in [9.17, 15) is 31.2 Å². The van der Waals surface area contributed by atoms with E-state index in [0.717, 1.165) is 28.3 Å². The molecule has 1 heterocycles. The number of alkyl halides is 3. The summed E-state index contributed by atoms with van der Waals surface area (Å²) in [4.78, 5) is 25.9. The highest BCUT2D eigenvalue weighted by Crippen LogP contribution is 2.31. The molecular formula is C32H30F3NO6S. The van der Waals surface area contributed by atoms with E-state index >= 15 is 0 Å². The van der Waals surface area contributed by atoms with E-state index in [-0.39, 0.29) is 36.1 Å². The van der Waals surface area contributed by atoms with Gasteiger partial charge in [-0.15, -0.1) is 0 Å². The minimum Gasteiger partial charge on any atom is -0.480 e. The summed E-state index contributed by atoms with van der Waals surface area (Å²) in [7, 11) is -4.02. The number of carboxylic acid groups (broad SMARTS) is 1. The first kappa shape index (κ1) is 31.6. The van der Waals surface area contributed by atoms with Gasteiger partial charge in [0.2, 0.25) is 11.7 Å². The number of carbonyl (C=O) groups is 2. The third kappa shape index (κ3) is 7.92. The lowest BCUT2D eigenvalue weighted by molar-refractivity contribution is -0.153. The zero-order chi connectivity index (χ0) is 31.5. The fraction of sp³-hybridized carbons (Fsp3) is 0.250. The molecule has 11 heteroatoms.